The number of aryl methyl sites for hydroxylation is 1. The highest BCUT2D eigenvalue weighted by molar-refractivity contribution is 5.87. The number of hydrogen-bond donors (Lipinski definition) is 0. The van der Waals surface area contributed by atoms with Crippen LogP contribution in [0.25, 0.3) is 5.70 Å². The van der Waals surface area contributed by atoms with Crippen LogP contribution < -0.4 is 0 Å². The van der Waals surface area contributed by atoms with Gasteiger partial charge >= 0.3 is 0 Å². The van der Waals surface area contributed by atoms with Crippen LogP contribution >= 0.6 is 0 Å². The Hall–Kier alpha value is -2.15. The summed E-state index contributed by atoms with van der Waals surface area (Å²) in [6.07, 6.45) is 7.88. The van der Waals surface area contributed by atoms with Crippen LogP contribution in [0.4, 0.5) is 0 Å². The molecule has 0 saturated carbocycles. The third-order valence-electron chi connectivity index (χ3n) is 3.27. The van der Waals surface area contributed by atoms with E-state index in [1.54, 1.807) is 0 Å². The molecule has 1 nitrogen and oxygen atoms in total. The lowest BCUT2D eigenvalue weighted by Crippen LogP contribution is -1.98. The number of allylic oxidation sites excluding steroid dienone is 5. The standard InChI is InChI=1S/C18H19N/c1-5-15-11-14(4)12-19-18(17(15)6-2)16-9-7-13(3)8-10-16/h5-12,15H,1-2H2,3-4H3. The molecule has 1 atom stereocenters. The summed E-state index contributed by atoms with van der Waals surface area (Å²) >= 11 is 0. The van der Waals surface area contributed by atoms with E-state index in [9.17, 15) is 0 Å². The summed E-state index contributed by atoms with van der Waals surface area (Å²) in [5.41, 5.74) is 5.59. The van der Waals surface area contributed by atoms with Gasteiger partial charge in [0.25, 0.3) is 0 Å². The van der Waals surface area contributed by atoms with Crippen molar-refractivity contribution in [3.63, 3.8) is 0 Å². The Morgan fingerprint density at radius 2 is 1.79 bits per heavy atom. The number of benzene rings is 1. The topological polar surface area (TPSA) is 12.4 Å². The molecule has 0 amide bonds. The molecular formula is C18H19N. The van der Waals surface area contributed by atoms with Crippen molar-refractivity contribution in [2.75, 3.05) is 0 Å². The molecule has 1 aliphatic rings. The largest absolute Gasteiger partial charge is 0.256 e. The van der Waals surface area contributed by atoms with Crippen LogP contribution in [-0.4, -0.2) is 6.21 Å². The van der Waals surface area contributed by atoms with Gasteiger partial charge < -0.3 is 0 Å². The SMILES string of the molecule is C=CC1=C(c2ccc(C)cc2)N=CC(C)=CC1C=C. The predicted octanol–water partition coefficient (Wildman–Crippen LogP) is 4.73. The molecule has 1 aromatic rings. The van der Waals surface area contributed by atoms with E-state index in [0.717, 1.165) is 22.4 Å². The zero-order valence-corrected chi connectivity index (χ0v) is 11.6. The zero-order valence-electron chi connectivity index (χ0n) is 11.6. The molecule has 1 unspecified atom stereocenters. The second kappa shape index (κ2) is 5.66. The van der Waals surface area contributed by atoms with Gasteiger partial charge in [-0.1, -0.05) is 54.6 Å². The molecule has 19 heavy (non-hydrogen) atoms. The van der Waals surface area contributed by atoms with Crippen LogP contribution in [0.5, 0.6) is 0 Å². The molecule has 1 heterocycles. The second-order valence-corrected chi connectivity index (χ2v) is 4.80. The Morgan fingerprint density at radius 1 is 1.11 bits per heavy atom. The van der Waals surface area contributed by atoms with Crippen molar-refractivity contribution in [3.8, 4) is 0 Å². The van der Waals surface area contributed by atoms with E-state index in [-0.39, 0.29) is 5.92 Å². The highest BCUT2D eigenvalue weighted by Gasteiger charge is 2.15. The van der Waals surface area contributed by atoms with Gasteiger partial charge in [0.2, 0.25) is 0 Å². The third kappa shape index (κ3) is 2.82. The molecular weight excluding hydrogens is 230 g/mol. The first-order valence-electron chi connectivity index (χ1n) is 6.44. The van der Waals surface area contributed by atoms with Crippen molar-refractivity contribution < 1.29 is 0 Å². The lowest BCUT2D eigenvalue weighted by molar-refractivity contribution is 1.01. The van der Waals surface area contributed by atoms with Crippen LogP contribution in [0.1, 0.15) is 18.1 Å². The Labute approximate surface area is 115 Å². The second-order valence-electron chi connectivity index (χ2n) is 4.80. The molecule has 1 heteroatoms. The summed E-state index contributed by atoms with van der Waals surface area (Å²) in [5.74, 6) is 0.163. The van der Waals surface area contributed by atoms with Gasteiger partial charge in [-0.15, -0.1) is 6.58 Å². The van der Waals surface area contributed by atoms with E-state index < -0.39 is 0 Å². The molecule has 0 radical (unpaired) electrons. The average molecular weight is 249 g/mol. The monoisotopic (exact) mass is 249 g/mol. The van der Waals surface area contributed by atoms with E-state index in [2.05, 4.69) is 62.3 Å². The van der Waals surface area contributed by atoms with Crippen molar-refractivity contribution in [3.05, 3.63) is 77.9 Å². The third-order valence-corrected chi connectivity index (χ3v) is 3.27. The van der Waals surface area contributed by atoms with Crippen molar-refractivity contribution >= 4 is 11.9 Å². The Kier molecular flexibility index (Phi) is 3.96. The summed E-state index contributed by atoms with van der Waals surface area (Å²) < 4.78 is 0. The first kappa shape index (κ1) is 13.3. The maximum Gasteiger partial charge on any atom is 0.0742 e. The summed E-state index contributed by atoms with van der Waals surface area (Å²) in [6.45, 7) is 12.0. The molecule has 96 valence electrons. The fraction of sp³-hybridized carbons (Fsp3) is 0.167. The van der Waals surface area contributed by atoms with Crippen molar-refractivity contribution in [1.29, 1.82) is 0 Å². The molecule has 1 aromatic carbocycles. The van der Waals surface area contributed by atoms with Gasteiger partial charge in [0.15, 0.2) is 0 Å². The predicted molar refractivity (Wildman–Crippen MR) is 84.2 cm³/mol. The van der Waals surface area contributed by atoms with Gasteiger partial charge in [0.1, 0.15) is 0 Å². The minimum absolute atomic E-state index is 0.163. The van der Waals surface area contributed by atoms with Crippen molar-refractivity contribution in [2.24, 2.45) is 10.9 Å². The first-order chi connectivity index (χ1) is 9.15. The highest BCUT2D eigenvalue weighted by atomic mass is 14.7. The summed E-state index contributed by atoms with van der Waals surface area (Å²) in [6, 6.07) is 8.41. The maximum atomic E-state index is 4.62. The van der Waals surface area contributed by atoms with Crippen LogP contribution in [-0.2, 0) is 0 Å². The van der Waals surface area contributed by atoms with Gasteiger partial charge in [-0.05, 0) is 25.0 Å². The fourth-order valence-corrected chi connectivity index (χ4v) is 2.20. The zero-order chi connectivity index (χ0) is 13.8. The van der Waals surface area contributed by atoms with Crippen LogP contribution in [0, 0.1) is 12.8 Å². The van der Waals surface area contributed by atoms with Gasteiger partial charge in [0.05, 0.1) is 5.70 Å². The summed E-state index contributed by atoms with van der Waals surface area (Å²) in [7, 11) is 0. The molecule has 0 saturated heterocycles. The van der Waals surface area contributed by atoms with Crippen LogP contribution in [0.3, 0.4) is 0 Å². The smallest absolute Gasteiger partial charge is 0.0742 e. The first-order valence-corrected chi connectivity index (χ1v) is 6.44. The lowest BCUT2D eigenvalue weighted by Gasteiger charge is -2.12. The van der Waals surface area contributed by atoms with Crippen LogP contribution in [0.2, 0.25) is 0 Å². The van der Waals surface area contributed by atoms with Crippen molar-refractivity contribution in [1.82, 2.24) is 0 Å². The molecule has 0 N–H and O–H groups in total. The molecule has 2 rings (SSSR count). The molecule has 0 spiro atoms. The van der Waals surface area contributed by atoms with E-state index in [1.807, 2.05) is 18.4 Å². The quantitative estimate of drug-likeness (QED) is 0.687. The molecule has 0 aromatic heterocycles. The fourth-order valence-electron chi connectivity index (χ4n) is 2.20. The van der Waals surface area contributed by atoms with Crippen molar-refractivity contribution in [2.45, 2.75) is 13.8 Å². The Balaban J connectivity index is 2.59. The number of hydrogen-bond acceptors (Lipinski definition) is 1. The Bertz CT molecular complexity index is 583. The number of nitrogens with zero attached hydrogens (tertiary/aromatic N) is 1. The molecule has 0 fully saturated rings. The van der Waals surface area contributed by atoms with Gasteiger partial charge in [-0.25, -0.2) is 0 Å². The number of aliphatic imine (C=N–C) groups is 1. The van der Waals surface area contributed by atoms with Gasteiger partial charge in [-0.3, -0.25) is 4.99 Å². The summed E-state index contributed by atoms with van der Waals surface area (Å²) in [4.78, 5) is 4.62. The molecule has 0 aliphatic carbocycles. The maximum absolute atomic E-state index is 4.62. The molecule has 1 aliphatic heterocycles. The van der Waals surface area contributed by atoms with Gasteiger partial charge in [0, 0.05) is 17.7 Å². The van der Waals surface area contributed by atoms with Gasteiger partial charge in [-0.2, -0.15) is 0 Å². The average Bonchev–Trinajstić information content (AvgIpc) is 2.58. The molecule has 0 bridgehead atoms. The normalized spacial score (nSPS) is 18.8. The van der Waals surface area contributed by atoms with E-state index in [4.69, 9.17) is 0 Å². The Morgan fingerprint density at radius 3 is 2.37 bits per heavy atom. The van der Waals surface area contributed by atoms with E-state index in [0.29, 0.717) is 0 Å². The van der Waals surface area contributed by atoms with Crippen LogP contribution in [0.15, 0.2) is 71.8 Å². The minimum Gasteiger partial charge on any atom is -0.256 e. The minimum atomic E-state index is 0.163. The van der Waals surface area contributed by atoms with E-state index in [1.165, 1.54) is 5.56 Å². The van der Waals surface area contributed by atoms with E-state index >= 15 is 0 Å². The number of rotatable bonds is 3. The summed E-state index contributed by atoms with van der Waals surface area (Å²) in [5, 5.41) is 0. The lowest BCUT2D eigenvalue weighted by atomic mass is 9.93. The highest BCUT2D eigenvalue weighted by Crippen LogP contribution is 2.30.